The normalized spacial score (nSPS) is 19.6. The number of aliphatic hydroxyl groups is 3. The molecular formula is C33H34F3N7O11. The van der Waals surface area contributed by atoms with Crippen LogP contribution in [0.15, 0.2) is 66.9 Å². The first kappa shape index (κ1) is 40.6. The number of anilines is 2. The fraction of sp³-hybridized carbons (Fsp3) is 0.303. The van der Waals surface area contributed by atoms with Gasteiger partial charge in [-0.05, 0) is 54.6 Å². The Bertz CT molecular complexity index is 2000. The smallest absolute Gasteiger partial charge is 0.479 e. The second kappa shape index (κ2) is 17.1. The number of esters is 1. The summed E-state index contributed by atoms with van der Waals surface area (Å²) in [5.74, 6) is -4.93. The van der Waals surface area contributed by atoms with Crippen LogP contribution < -0.4 is 16.0 Å². The van der Waals surface area contributed by atoms with Gasteiger partial charge in [0.25, 0.3) is 5.91 Å². The van der Waals surface area contributed by atoms with Gasteiger partial charge in [-0.2, -0.15) is 13.2 Å². The van der Waals surface area contributed by atoms with Crippen molar-refractivity contribution in [2.24, 2.45) is 12.8 Å². The number of aromatic nitrogens is 3. The number of carboxylic acids is 2. The summed E-state index contributed by atoms with van der Waals surface area (Å²) < 4.78 is 43.7. The minimum atomic E-state index is -5.08. The third-order valence-electron chi connectivity index (χ3n) is 7.88. The molecule has 5 atom stereocenters. The topological polar surface area (TPSA) is 284 Å². The lowest BCUT2D eigenvalue weighted by atomic mass is 9.99. The maximum atomic E-state index is 13.8. The van der Waals surface area contributed by atoms with Crippen LogP contribution in [-0.4, -0.2) is 113 Å². The number of pyridine rings is 1. The van der Waals surface area contributed by atoms with Crippen molar-refractivity contribution in [3.63, 3.8) is 0 Å². The predicted molar refractivity (Wildman–Crippen MR) is 180 cm³/mol. The van der Waals surface area contributed by atoms with Gasteiger partial charge in [0.05, 0.1) is 24.0 Å². The van der Waals surface area contributed by atoms with Gasteiger partial charge in [-0.25, -0.2) is 19.6 Å². The number of ether oxygens (including phenoxy) is 2. The number of imidazole rings is 1. The molecule has 1 saturated heterocycles. The SMILES string of the molecule is Cn1c(CNc2ccc(C(=N)N)cc2)nc2cc(C(=O)N(CCC(=O)O[C@@H]3O[C@H](C(=O)O)[C@@H](O)[C@H](O)[C@H]3O)c3ccccn3)ccc21.O=C(O)C(F)(F)F. The van der Waals surface area contributed by atoms with E-state index in [-0.39, 0.29) is 23.8 Å². The Kier molecular flexibility index (Phi) is 12.9. The molecule has 1 aliphatic rings. The van der Waals surface area contributed by atoms with Gasteiger partial charge >= 0.3 is 24.1 Å². The lowest BCUT2D eigenvalue weighted by molar-refractivity contribution is -0.286. The molecular weight excluding hydrogens is 727 g/mol. The minimum absolute atomic E-state index is 0.0226. The summed E-state index contributed by atoms with van der Waals surface area (Å²) in [6.45, 7) is 0.154. The molecule has 3 heterocycles. The number of aliphatic carboxylic acids is 2. The Morgan fingerprint density at radius 2 is 1.65 bits per heavy atom. The number of amidine groups is 1. The van der Waals surface area contributed by atoms with Crippen molar-refractivity contribution < 1.29 is 67.4 Å². The average molecular weight is 762 g/mol. The zero-order chi connectivity index (χ0) is 39.9. The fourth-order valence-electron chi connectivity index (χ4n) is 5.02. The summed E-state index contributed by atoms with van der Waals surface area (Å²) in [5, 5.41) is 57.2. The van der Waals surface area contributed by atoms with Crippen molar-refractivity contribution in [3.05, 3.63) is 83.8 Å². The number of hydrogen-bond acceptors (Lipinski definition) is 13. The van der Waals surface area contributed by atoms with Crippen LogP contribution in [0.5, 0.6) is 0 Å². The average Bonchev–Trinajstić information content (AvgIpc) is 3.45. The summed E-state index contributed by atoms with van der Waals surface area (Å²) in [6.07, 6.45) is -13.6. The lowest BCUT2D eigenvalue weighted by Crippen LogP contribution is -2.60. The maximum absolute atomic E-state index is 13.8. The van der Waals surface area contributed by atoms with E-state index in [4.69, 9.17) is 35.5 Å². The molecule has 0 spiro atoms. The maximum Gasteiger partial charge on any atom is 0.490 e. The standard InChI is InChI=1S/C31H33N7O9.C2HF3O2/c1-37-20-10-7-17(14-19(20)36-22(37)15-35-18-8-5-16(6-9-18)28(32)33)29(43)38(21-4-2-3-12-34-21)13-11-23(39)46-31-26(42)24(40)25(41)27(47-31)30(44)45;3-2(4,5)1(6)7/h2-10,12,14,24-27,31,35,40-42H,11,13,15H2,1H3,(H3,32,33)(H,44,45);(H,6,7)/t24-,25-,26+,27-,31+;/m0./s1. The van der Waals surface area contributed by atoms with E-state index in [9.17, 15) is 48.0 Å². The number of aliphatic hydroxyl groups excluding tert-OH is 3. The van der Waals surface area contributed by atoms with Crippen LogP contribution in [0.3, 0.4) is 0 Å². The number of rotatable bonds is 11. The molecule has 0 saturated carbocycles. The van der Waals surface area contributed by atoms with Gasteiger partial charge in [0, 0.05) is 36.6 Å². The Labute approximate surface area is 302 Å². The number of nitrogens with zero attached hydrogens (tertiary/aromatic N) is 4. The molecule has 2 aromatic heterocycles. The van der Waals surface area contributed by atoms with Crippen molar-refractivity contribution in [3.8, 4) is 0 Å². The first-order chi connectivity index (χ1) is 25.4. The van der Waals surface area contributed by atoms with Gasteiger partial charge in [-0.3, -0.25) is 19.9 Å². The van der Waals surface area contributed by atoms with Crippen molar-refractivity contribution >= 4 is 52.2 Å². The number of carbonyl (C=O) groups is 4. The fourth-order valence-corrected chi connectivity index (χ4v) is 5.02. The number of nitrogen functional groups attached to an aromatic ring is 1. The van der Waals surface area contributed by atoms with E-state index in [2.05, 4.69) is 10.3 Å². The van der Waals surface area contributed by atoms with Gasteiger partial charge in [0.1, 0.15) is 35.8 Å². The number of halogens is 3. The van der Waals surface area contributed by atoms with Crippen molar-refractivity contribution in [2.45, 2.75) is 49.8 Å². The second-order valence-corrected chi connectivity index (χ2v) is 11.6. The monoisotopic (exact) mass is 761 g/mol. The highest BCUT2D eigenvalue weighted by molar-refractivity contribution is 6.07. The van der Waals surface area contributed by atoms with Crippen LogP contribution in [0, 0.1) is 5.41 Å². The van der Waals surface area contributed by atoms with E-state index in [1.54, 1.807) is 48.5 Å². The molecule has 54 heavy (non-hydrogen) atoms. The van der Waals surface area contributed by atoms with E-state index >= 15 is 0 Å². The number of aryl methyl sites for hydroxylation is 1. The first-order valence-corrected chi connectivity index (χ1v) is 15.7. The van der Waals surface area contributed by atoms with Crippen LogP contribution >= 0.6 is 0 Å². The summed E-state index contributed by atoms with van der Waals surface area (Å²) in [4.78, 5) is 57.0. The lowest BCUT2D eigenvalue weighted by Gasteiger charge is -2.38. The van der Waals surface area contributed by atoms with Gasteiger partial charge < -0.3 is 50.6 Å². The van der Waals surface area contributed by atoms with Gasteiger partial charge in [0.15, 0.2) is 6.10 Å². The van der Waals surface area contributed by atoms with E-state index in [0.717, 1.165) is 11.2 Å². The van der Waals surface area contributed by atoms with Crippen LogP contribution in [0.2, 0.25) is 0 Å². The highest BCUT2D eigenvalue weighted by Crippen LogP contribution is 2.24. The summed E-state index contributed by atoms with van der Waals surface area (Å²) in [6, 6.07) is 17.0. The zero-order valence-electron chi connectivity index (χ0n) is 28.0. The Hall–Kier alpha value is -6.16. The molecule has 288 valence electrons. The molecule has 0 bridgehead atoms. The Morgan fingerprint density at radius 1 is 1.00 bits per heavy atom. The number of alkyl halides is 3. The highest BCUT2D eigenvalue weighted by Gasteiger charge is 2.48. The number of benzene rings is 2. The Morgan fingerprint density at radius 3 is 2.22 bits per heavy atom. The van der Waals surface area contributed by atoms with Crippen LogP contribution in [0.25, 0.3) is 11.0 Å². The van der Waals surface area contributed by atoms with Crippen molar-refractivity contribution in [1.82, 2.24) is 14.5 Å². The van der Waals surface area contributed by atoms with Crippen LogP contribution in [-0.2, 0) is 37.4 Å². The quantitative estimate of drug-likeness (QED) is 0.0601. The number of nitrogens with two attached hydrogens (primary N) is 1. The van der Waals surface area contributed by atoms with Gasteiger partial charge in [0.2, 0.25) is 6.29 Å². The summed E-state index contributed by atoms with van der Waals surface area (Å²) in [7, 11) is 1.85. The van der Waals surface area contributed by atoms with Gasteiger partial charge in [-0.15, -0.1) is 0 Å². The number of hydrogen-bond donors (Lipinski definition) is 8. The van der Waals surface area contributed by atoms with E-state index in [1.165, 1.54) is 11.1 Å². The third-order valence-corrected chi connectivity index (χ3v) is 7.88. The van der Waals surface area contributed by atoms with Crippen LogP contribution in [0.4, 0.5) is 24.7 Å². The van der Waals surface area contributed by atoms with Crippen LogP contribution in [0.1, 0.15) is 28.2 Å². The Balaban J connectivity index is 0.000000845. The van der Waals surface area contributed by atoms with E-state index < -0.39 is 67.1 Å². The summed E-state index contributed by atoms with van der Waals surface area (Å²) in [5.41, 5.74) is 8.53. The highest BCUT2D eigenvalue weighted by atomic mass is 19.4. The number of amides is 1. The van der Waals surface area contributed by atoms with Crippen molar-refractivity contribution in [1.29, 1.82) is 5.41 Å². The molecule has 0 radical (unpaired) electrons. The zero-order valence-corrected chi connectivity index (χ0v) is 28.0. The number of fused-ring (bicyclic) bond motifs is 1. The molecule has 4 aromatic rings. The third kappa shape index (κ3) is 9.83. The van der Waals surface area contributed by atoms with E-state index in [0.29, 0.717) is 23.4 Å². The summed E-state index contributed by atoms with van der Waals surface area (Å²) >= 11 is 0. The number of carboxylic acid groups (broad SMARTS) is 2. The number of nitrogens with one attached hydrogen (secondary N) is 2. The molecule has 0 unspecified atom stereocenters. The minimum Gasteiger partial charge on any atom is -0.479 e. The first-order valence-electron chi connectivity index (χ1n) is 15.7. The predicted octanol–water partition coefficient (Wildman–Crippen LogP) is 0.970. The molecule has 0 aliphatic carbocycles. The molecule has 9 N–H and O–H groups in total. The second-order valence-electron chi connectivity index (χ2n) is 11.6. The number of carbonyl (C=O) groups excluding carboxylic acids is 2. The molecule has 18 nitrogen and oxygen atoms in total. The molecule has 1 fully saturated rings. The van der Waals surface area contributed by atoms with Gasteiger partial charge in [-0.1, -0.05) is 6.07 Å². The largest absolute Gasteiger partial charge is 0.490 e. The molecule has 21 heteroatoms. The van der Waals surface area contributed by atoms with Crippen molar-refractivity contribution in [2.75, 3.05) is 16.8 Å². The molecule has 1 amide bonds. The van der Waals surface area contributed by atoms with E-state index in [1.807, 2.05) is 23.7 Å². The molecule has 1 aliphatic heterocycles. The molecule has 2 aromatic carbocycles. The molecule has 5 rings (SSSR count).